The zero-order valence-corrected chi connectivity index (χ0v) is 13.7. The molecule has 0 saturated carbocycles. The molecular formula is C18H22N4O2. The lowest BCUT2D eigenvalue weighted by atomic mass is 10.2. The molecule has 0 unspecified atom stereocenters. The first-order valence-electron chi connectivity index (χ1n) is 8.53. The van der Waals surface area contributed by atoms with Gasteiger partial charge in [-0.3, -0.25) is 9.58 Å². The molecule has 1 fully saturated rings. The van der Waals surface area contributed by atoms with Gasteiger partial charge in [-0.25, -0.2) is 4.98 Å². The predicted octanol–water partition coefficient (Wildman–Crippen LogP) is 2.36. The number of nitrogens with zero attached hydrogens (tertiary/aromatic N) is 4. The Morgan fingerprint density at radius 2 is 2.17 bits per heavy atom. The van der Waals surface area contributed by atoms with Crippen molar-refractivity contribution in [2.75, 3.05) is 26.2 Å². The number of para-hydroxylation sites is 2. The second-order valence-electron chi connectivity index (χ2n) is 6.20. The molecule has 0 spiro atoms. The van der Waals surface area contributed by atoms with Crippen LogP contribution < -0.4 is 0 Å². The molecule has 0 N–H and O–H groups in total. The Balaban J connectivity index is 1.26. The third-order valence-corrected chi connectivity index (χ3v) is 4.38. The summed E-state index contributed by atoms with van der Waals surface area (Å²) in [4.78, 5) is 7.00. The lowest BCUT2D eigenvalue weighted by Gasteiger charge is -2.32. The van der Waals surface area contributed by atoms with E-state index in [0.29, 0.717) is 0 Å². The van der Waals surface area contributed by atoms with E-state index in [9.17, 15) is 0 Å². The SMILES string of the molecule is c1ccc2oc(CCCN3CCO[C@H](Cn4cccn4)C3)nc2c1. The van der Waals surface area contributed by atoms with Crippen LogP contribution in [0.5, 0.6) is 0 Å². The summed E-state index contributed by atoms with van der Waals surface area (Å²) in [7, 11) is 0. The molecule has 0 radical (unpaired) electrons. The lowest BCUT2D eigenvalue weighted by molar-refractivity contribution is -0.0377. The average molecular weight is 326 g/mol. The van der Waals surface area contributed by atoms with Crippen molar-refractivity contribution in [2.45, 2.75) is 25.5 Å². The second-order valence-corrected chi connectivity index (χ2v) is 6.20. The Bertz CT molecular complexity index is 735. The minimum atomic E-state index is 0.211. The topological polar surface area (TPSA) is 56.3 Å². The summed E-state index contributed by atoms with van der Waals surface area (Å²) in [5.41, 5.74) is 1.82. The highest BCUT2D eigenvalue weighted by atomic mass is 16.5. The Hall–Kier alpha value is -2.18. The molecule has 1 aromatic carbocycles. The summed E-state index contributed by atoms with van der Waals surface area (Å²) >= 11 is 0. The number of aromatic nitrogens is 3. The van der Waals surface area contributed by atoms with Gasteiger partial charge in [0, 0.05) is 31.9 Å². The smallest absolute Gasteiger partial charge is 0.195 e. The van der Waals surface area contributed by atoms with Gasteiger partial charge in [0.1, 0.15) is 5.52 Å². The van der Waals surface area contributed by atoms with Gasteiger partial charge in [0.2, 0.25) is 0 Å². The maximum atomic E-state index is 5.85. The van der Waals surface area contributed by atoms with E-state index in [1.54, 1.807) is 6.20 Å². The van der Waals surface area contributed by atoms with Gasteiger partial charge in [0.25, 0.3) is 0 Å². The lowest BCUT2D eigenvalue weighted by Crippen LogP contribution is -2.44. The minimum absolute atomic E-state index is 0.211. The van der Waals surface area contributed by atoms with Crippen molar-refractivity contribution in [2.24, 2.45) is 0 Å². The summed E-state index contributed by atoms with van der Waals surface area (Å²) in [6, 6.07) is 9.87. The van der Waals surface area contributed by atoms with Crippen molar-refractivity contribution in [1.82, 2.24) is 19.7 Å². The molecule has 2 aromatic heterocycles. The first-order chi connectivity index (χ1) is 11.9. The maximum Gasteiger partial charge on any atom is 0.195 e. The maximum absolute atomic E-state index is 5.85. The average Bonchev–Trinajstić information content (AvgIpc) is 3.24. The van der Waals surface area contributed by atoms with Crippen LogP contribution in [0.4, 0.5) is 0 Å². The van der Waals surface area contributed by atoms with E-state index < -0.39 is 0 Å². The van der Waals surface area contributed by atoms with E-state index in [2.05, 4.69) is 15.0 Å². The molecule has 0 aliphatic carbocycles. The summed E-state index contributed by atoms with van der Waals surface area (Å²) < 4.78 is 13.6. The number of hydrogen-bond donors (Lipinski definition) is 0. The van der Waals surface area contributed by atoms with Gasteiger partial charge in [0.05, 0.1) is 19.3 Å². The number of morpholine rings is 1. The first kappa shape index (κ1) is 15.4. The second kappa shape index (κ2) is 7.15. The molecular weight excluding hydrogens is 304 g/mol. The van der Waals surface area contributed by atoms with Gasteiger partial charge in [-0.2, -0.15) is 5.10 Å². The highest BCUT2D eigenvalue weighted by Gasteiger charge is 2.20. The molecule has 0 bridgehead atoms. The van der Waals surface area contributed by atoms with Crippen molar-refractivity contribution in [3.8, 4) is 0 Å². The molecule has 1 aliphatic rings. The van der Waals surface area contributed by atoms with Crippen molar-refractivity contribution >= 4 is 11.1 Å². The third kappa shape index (κ3) is 3.66. The van der Waals surface area contributed by atoms with Crippen LogP contribution in [0.2, 0.25) is 0 Å². The van der Waals surface area contributed by atoms with E-state index in [4.69, 9.17) is 9.15 Å². The highest BCUT2D eigenvalue weighted by molar-refractivity contribution is 5.72. The molecule has 3 heterocycles. The third-order valence-electron chi connectivity index (χ3n) is 4.38. The van der Waals surface area contributed by atoms with Crippen molar-refractivity contribution in [1.29, 1.82) is 0 Å². The van der Waals surface area contributed by atoms with E-state index in [1.807, 2.05) is 41.2 Å². The zero-order chi connectivity index (χ0) is 16.2. The predicted molar refractivity (Wildman–Crippen MR) is 90.7 cm³/mol. The molecule has 1 saturated heterocycles. The molecule has 1 aliphatic heterocycles. The Kier molecular flexibility index (Phi) is 4.57. The molecule has 6 heteroatoms. The molecule has 3 aromatic rings. The molecule has 24 heavy (non-hydrogen) atoms. The van der Waals surface area contributed by atoms with Crippen LogP contribution in [0.15, 0.2) is 47.1 Å². The van der Waals surface area contributed by atoms with E-state index >= 15 is 0 Å². The van der Waals surface area contributed by atoms with Crippen LogP contribution in [0, 0.1) is 0 Å². The van der Waals surface area contributed by atoms with Crippen molar-refractivity contribution in [3.63, 3.8) is 0 Å². The van der Waals surface area contributed by atoms with Gasteiger partial charge in [-0.05, 0) is 31.2 Å². The van der Waals surface area contributed by atoms with Crippen LogP contribution in [-0.2, 0) is 17.7 Å². The standard InChI is InChI=1S/C18H22N4O2/c1-2-6-17-16(5-1)20-18(24-17)7-3-9-21-11-12-23-15(13-21)14-22-10-4-8-19-22/h1-2,4-6,8,10,15H,3,7,9,11-14H2/t15-/m0/s1. The molecule has 4 rings (SSSR count). The fourth-order valence-corrected chi connectivity index (χ4v) is 3.19. The highest BCUT2D eigenvalue weighted by Crippen LogP contribution is 2.16. The number of aryl methyl sites for hydroxylation is 1. The number of rotatable bonds is 6. The molecule has 126 valence electrons. The molecule has 6 nitrogen and oxygen atoms in total. The zero-order valence-electron chi connectivity index (χ0n) is 13.7. The quantitative estimate of drug-likeness (QED) is 0.696. The summed E-state index contributed by atoms with van der Waals surface area (Å²) in [5.74, 6) is 0.831. The number of ether oxygens (including phenoxy) is 1. The normalized spacial score (nSPS) is 19.1. The van der Waals surface area contributed by atoms with Crippen LogP contribution in [0.25, 0.3) is 11.1 Å². The van der Waals surface area contributed by atoms with Gasteiger partial charge >= 0.3 is 0 Å². The van der Waals surface area contributed by atoms with Crippen LogP contribution >= 0.6 is 0 Å². The fraction of sp³-hybridized carbons (Fsp3) is 0.444. The van der Waals surface area contributed by atoms with Crippen LogP contribution in [0.1, 0.15) is 12.3 Å². The fourth-order valence-electron chi connectivity index (χ4n) is 3.19. The van der Waals surface area contributed by atoms with E-state index in [0.717, 1.165) is 62.6 Å². The summed E-state index contributed by atoms with van der Waals surface area (Å²) in [6.07, 6.45) is 5.91. The summed E-state index contributed by atoms with van der Waals surface area (Å²) in [6.45, 7) is 4.58. The summed E-state index contributed by atoms with van der Waals surface area (Å²) in [5, 5.41) is 4.26. The Morgan fingerprint density at radius 3 is 3.04 bits per heavy atom. The largest absolute Gasteiger partial charge is 0.441 e. The van der Waals surface area contributed by atoms with E-state index in [1.165, 1.54) is 0 Å². The monoisotopic (exact) mass is 326 g/mol. The molecule has 0 amide bonds. The van der Waals surface area contributed by atoms with E-state index in [-0.39, 0.29) is 6.10 Å². The van der Waals surface area contributed by atoms with Gasteiger partial charge in [0.15, 0.2) is 11.5 Å². The molecule has 1 atom stereocenters. The van der Waals surface area contributed by atoms with Crippen molar-refractivity contribution in [3.05, 3.63) is 48.6 Å². The van der Waals surface area contributed by atoms with Gasteiger partial charge in [-0.1, -0.05) is 12.1 Å². The van der Waals surface area contributed by atoms with Crippen LogP contribution in [-0.4, -0.2) is 52.0 Å². The number of benzene rings is 1. The number of fused-ring (bicyclic) bond motifs is 1. The minimum Gasteiger partial charge on any atom is -0.441 e. The Morgan fingerprint density at radius 1 is 1.21 bits per heavy atom. The first-order valence-corrected chi connectivity index (χ1v) is 8.53. The van der Waals surface area contributed by atoms with Crippen LogP contribution in [0.3, 0.4) is 0 Å². The van der Waals surface area contributed by atoms with Crippen molar-refractivity contribution < 1.29 is 9.15 Å². The van der Waals surface area contributed by atoms with Gasteiger partial charge in [-0.15, -0.1) is 0 Å². The Labute approximate surface area is 141 Å². The number of oxazole rings is 1. The van der Waals surface area contributed by atoms with Gasteiger partial charge < -0.3 is 9.15 Å². The number of hydrogen-bond acceptors (Lipinski definition) is 5.